The van der Waals surface area contributed by atoms with E-state index in [4.69, 9.17) is 5.84 Å². The van der Waals surface area contributed by atoms with Gasteiger partial charge in [-0.15, -0.1) is 0 Å². The zero-order valence-electron chi connectivity index (χ0n) is 11.1. The van der Waals surface area contributed by atoms with Crippen molar-refractivity contribution in [1.82, 2.24) is 24.1 Å². The van der Waals surface area contributed by atoms with Crippen LogP contribution in [0.4, 0.5) is 11.6 Å². The highest BCUT2D eigenvalue weighted by Crippen LogP contribution is 2.15. The van der Waals surface area contributed by atoms with Gasteiger partial charge in [-0.2, -0.15) is 5.10 Å². The molecule has 0 saturated heterocycles. The lowest BCUT2D eigenvalue weighted by Gasteiger charge is -2.08. The molecule has 0 spiro atoms. The summed E-state index contributed by atoms with van der Waals surface area (Å²) in [7, 11) is 1.91. The van der Waals surface area contributed by atoms with Gasteiger partial charge < -0.3 is 15.1 Å². The van der Waals surface area contributed by atoms with Gasteiger partial charge in [0.15, 0.2) is 17.3 Å². The maximum atomic E-state index is 5.42. The van der Waals surface area contributed by atoms with Crippen LogP contribution in [0, 0.1) is 0 Å². The van der Waals surface area contributed by atoms with Gasteiger partial charge >= 0.3 is 0 Å². The third-order valence-electron chi connectivity index (χ3n) is 2.99. The second kappa shape index (κ2) is 5.17. The number of hydrazine groups is 1. The van der Waals surface area contributed by atoms with E-state index in [0.717, 1.165) is 18.6 Å². The molecule has 0 amide bonds. The number of aromatic nitrogens is 5. The van der Waals surface area contributed by atoms with E-state index in [1.807, 2.05) is 30.0 Å². The summed E-state index contributed by atoms with van der Waals surface area (Å²) in [5.74, 6) is 6.70. The Labute approximate surface area is 115 Å². The first-order valence-electron chi connectivity index (χ1n) is 6.28. The third kappa shape index (κ3) is 2.41. The van der Waals surface area contributed by atoms with Crippen LogP contribution >= 0.6 is 0 Å². The second-order valence-corrected chi connectivity index (χ2v) is 4.48. The number of nitrogens with zero attached hydrogens (tertiary/aromatic N) is 5. The Balaban J connectivity index is 1.74. The third-order valence-corrected chi connectivity index (χ3v) is 2.99. The topological polar surface area (TPSA) is 98.1 Å². The van der Waals surface area contributed by atoms with Gasteiger partial charge in [0.1, 0.15) is 0 Å². The SMILES string of the molecule is Cn1cc(CCNc2nc(NN)cn3ccnc23)cn1. The summed E-state index contributed by atoms with van der Waals surface area (Å²) in [4.78, 5) is 8.65. The molecule has 0 bridgehead atoms. The predicted octanol–water partition coefficient (Wildman–Crippen LogP) is 0.403. The summed E-state index contributed by atoms with van der Waals surface area (Å²) < 4.78 is 3.66. The van der Waals surface area contributed by atoms with Crippen molar-refractivity contribution in [3.63, 3.8) is 0 Å². The lowest BCUT2D eigenvalue weighted by molar-refractivity contribution is 0.767. The normalized spacial score (nSPS) is 10.9. The predicted molar refractivity (Wildman–Crippen MR) is 76.2 cm³/mol. The largest absolute Gasteiger partial charge is 0.367 e. The molecule has 104 valence electrons. The highest BCUT2D eigenvalue weighted by atomic mass is 15.3. The minimum Gasteiger partial charge on any atom is -0.367 e. The number of nitrogens with one attached hydrogen (secondary N) is 2. The van der Waals surface area contributed by atoms with Crippen molar-refractivity contribution in [3.05, 3.63) is 36.5 Å². The van der Waals surface area contributed by atoms with Crippen LogP contribution in [0.2, 0.25) is 0 Å². The van der Waals surface area contributed by atoms with Gasteiger partial charge in [0, 0.05) is 32.2 Å². The van der Waals surface area contributed by atoms with Crippen LogP contribution in [0.15, 0.2) is 31.0 Å². The van der Waals surface area contributed by atoms with Crippen LogP contribution in [0.5, 0.6) is 0 Å². The summed E-state index contributed by atoms with van der Waals surface area (Å²) in [6.07, 6.45) is 10.1. The molecule has 8 nitrogen and oxygen atoms in total. The van der Waals surface area contributed by atoms with Crippen LogP contribution in [-0.4, -0.2) is 30.7 Å². The van der Waals surface area contributed by atoms with Gasteiger partial charge in [0.05, 0.1) is 12.4 Å². The number of rotatable bonds is 5. The standard InChI is InChI=1S/C12H16N8/c1-19-7-9(6-16-19)2-3-14-11-12-15-4-5-20(12)8-10(17-11)18-13/h4-8,18H,2-3,13H2,1H3,(H,14,17). The first kappa shape index (κ1) is 12.4. The minimum atomic E-state index is 0.583. The molecule has 0 radical (unpaired) electrons. The van der Waals surface area contributed by atoms with E-state index in [1.54, 1.807) is 17.1 Å². The highest BCUT2D eigenvalue weighted by Gasteiger charge is 2.06. The Morgan fingerprint density at radius 2 is 2.25 bits per heavy atom. The molecule has 0 fully saturated rings. The minimum absolute atomic E-state index is 0.583. The summed E-state index contributed by atoms with van der Waals surface area (Å²) in [5.41, 5.74) is 4.49. The Morgan fingerprint density at radius 3 is 3.00 bits per heavy atom. The molecule has 0 atom stereocenters. The monoisotopic (exact) mass is 272 g/mol. The lowest BCUT2D eigenvalue weighted by Crippen LogP contribution is -2.13. The van der Waals surface area contributed by atoms with Gasteiger partial charge in [-0.3, -0.25) is 4.68 Å². The molecule has 3 aromatic heterocycles. The van der Waals surface area contributed by atoms with Gasteiger partial charge in [-0.25, -0.2) is 15.8 Å². The molecule has 0 saturated carbocycles. The molecule has 0 unspecified atom stereocenters. The Bertz CT molecular complexity index is 713. The average molecular weight is 272 g/mol. The molecule has 0 aliphatic rings. The summed E-state index contributed by atoms with van der Waals surface area (Å²) in [6.45, 7) is 0.745. The van der Waals surface area contributed by atoms with E-state index < -0.39 is 0 Å². The molecule has 0 aliphatic heterocycles. The van der Waals surface area contributed by atoms with Crippen molar-refractivity contribution in [3.8, 4) is 0 Å². The van der Waals surface area contributed by atoms with Crippen molar-refractivity contribution < 1.29 is 0 Å². The Hall–Kier alpha value is -2.61. The van der Waals surface area contributed by atoms with Crippen LogP contribution in [0.25, 0.3) is 5.65 Å². The molecule has 0 aromatic carbocycles. The van der Waals surface area contributed by atoms with Gasteiger partial charge in [-0.1, -0.05) is 0 Å². The molecular weight excluding hydrogens is 256 g/mol. The quantitative estimate of drug-likeness (QED) is 0.459. The van der Waals surface area contributed by atoms with E-state index >= 15 is 0 Å². The summed E-state index contributed by atoms with van der Waals surface area (Å²) >= 11 is 0. The molecule has 3 rings (SSSR count). The van der Waals surface area contributed by atoms with Crippen molar-refractivity contribution >= 4 is 17.3 Å². The molecule has 8 heteroatoms. The number of fused-ring (bicyclic) bond motifs is 1. The molecule has 4 N–H and O–H groups in total. The number of hydrogen-bond donors (Lipinski definition) is 3. The zero-order chi connectivity index (χ0) is 13.9. The van der Waals surface area contributed by atoms with Crippen LogP contribution < -0.4 is 16.6 Å². The second-order valence-electron chi connectivity index (χ2n) is 4.48. The molecule has 3 heterocycles. The van der Waals surface area contributed by atoms with Crippen molar-refractivity contribution in [2.24, 2.45) is 12.9 Å². The number of hydrogen-bond acceptors (Lipinski definition) is 6. The van der Waals surface area contributed by atoms with E-state index in [9.17, 15) is 0 Å². The molecular formula is C12H16N8. The van der Waals surface area contributed by atoms with Crippen molar-refractivity contribution in [2.75, 3.05) is 17.3 Å². The van der Waals surface area contributed by atoms with Gasteiger partial charge in [0.25, 0.3) is 0 Å². The Morgan fingerprint density at radius 1 is 1.35 bits per heavy atom. The number of aryl methyl sites for hydroxylation is 1. The van der Waals surface area contributed by atoms with Crippen molar-refractivity contribution in [1.29, 1.82) is 0 Å². The first-order valence-corrected chi connectivity index (χ1v) is 6.28. The number of nitrogen functional groups attached to an aromatic ring is 1. The van der Waals surface area contributed by atoms with Crippen LogP contribution in [-0.2, 0) is 13.5 Å². The maximum absolute atomic E-state index is 5.42. The number of imidazole rings is 1. The Kier molecular flexibility index (Phi) is 3.21. The highest BCUT2D eigenvalue weighted by molar-refractivity contribution is 5.65. The fourth-order valence-corrected chi connectivity index (χ4v) is 2.05. The van der Waals surface area contributed by atoms with E-state index in [1.165, 1.54) is 5.56 Å². The fraction of sp³-hybridized carbons (Fsp3) is 0.250. The summed E-state index contributed by atoms with van der Waals surface area (Å²) in [6, 6.07) is 0. The van der Waals surface area contributed by atoms with E-state index in [2.05, 4.69) is 25.8 Å². The smallest absolute Gasteiger partial charge is 0.180 e. The van der Waals surface area contributed by atoms with Crippen LogP contribution in [0.1, 0.15) is 5.56 Å². The zero-order valence-corrected chi connectivity index (χ0v) is 11.1. The number of anilines is 2. The first-order chi connectivity index (χ1) is 9.76. The summed E-state index contributed by atoms with van der Waals surface area (Å²) in [5, 5.41) is 7.42. The van der Waals surface area contributed by atoms with Gasteiger partial charge in [-0.05, 0) is 12.0 Å². The van der Waals surface area contributed by atoms with Crippen molar-refractivity contribution in [2.45, 2.75) is 6.42 Å². The van der Waals surface area contributed by atoms with Gasteiger partial charge in [0.2, 0.25) is 0 Å². The average Bonchev–Trinajstić information content (AvgIpc) is 3.07. The molecule has 3 aromatic rings. The molecule has 20 heavy (non-hydrogen) atoms. The van der Waals surface area contributed by atoms with E-state index in [-0.39, 0.29) is 0 Å². The fourth-order valence-electron chi connectivity index (χ4n) is 2.05. The number of nitrogens with two attached hydrogens (primary N) is 1. The maximum Gasteiger partial charge on any atom is 0.180 e. The molecule has 0 aliphatic carbocycles. The van der Waals surface area contributed by atoms with Crippen LogP contribution in [0.3, 0.4) is 0 Å². The lowest BCUT2D eigenvalue weighted by atomic mass is 10.2. The van der Waals surface area contributed by atoms with E-state index in [0.29, 0.717) is 11.6 Å².